The molecule has 1 aliphatic heterocycles. The predicted molar refractivity (Wildman–Crippen MR) is 57.8 cm³/mol. The summed E-state index contributed by atoms with van der Waals surface area (Å²) in [6.07, 6.45) is 0.983. The molecule has 1 heterocycles. The number of ether oxygens (including phenoxy) is 2. The summed E-state index contributed by atoms with van der Waals surface area (Å²) in [5, 5.41) is 0.950. The SMILES string of the molecule is BrCCc1cc2c(cc1Br)OCO2. The third-order valence-electron chi connectivity index (χ3n) is 1.91. The lowest BCUT2D eigenvalue weighted by atomic mass is 10.1. The Bertz CT molecular complexity index is 326. The molecule has 70 valence electrons. The van der Waals surface area contributed by atoms with Crippen LogP contribution in [0, 0.1) is 0 Å². The van der Waals surface area contributed by atoms with Gasteiger partial charge in [-0.1, -0.05) is 31.9 Å². The maximum atomic E-state index is 5.28. The van der Waals surface area contributed by atoms with E-state index in [0.717, 1.165) is 27.7 Å². The number of aryl methyl sites for hydroxylation is 1. The van der Waals surface area contributed by atoms with Crippen molar-refractivity contribution in [1.29, 1.82) is 0 Å². The van der Waals surface area contributed by atoms with Crippen molar-refractivity contribution in [3.05, 3.63) is 22.2 Å². The standard InChI is InChI=1S/C9H8Br2O2/c10-2-1-6-3-8-9(4-7(6)11)13-5-12-8/h3-4H,1-2,5H2. The molecule has 0 amide bonds. The first-order valence-corrected chi connectivity index (χ1v) is 5.86. The third-order valence-corrected chi connectivity index (χ3v) is 3.04. The highest BCUT2D eigenvalue weighted by Gasteiger charge is 2.15. The second kappa shape index (κ2) is 3.88. The van der Waals surface area contributed by atoms with Crippen LogP contribution in [0.5, 0.6) is 11.5 Å². The summed E-state index contributed by atoms with van der Waals surface area (Å²) < 4.78 is 11.6. The number of hydrogen-bond donors (Lipinski definition) is 0. The monoisotopic (exact) mass is 306 g/mol. The Morgan fingerprint density at radius 2 is 1.92 bits per heavy atom. The van der Waals surface area contributed by atoms with E-state index in [0.29, 0.717) is 6.79 Å². The van der Waals surface area contributed by atoms with E-state index in [2.05, 4.69) is 31.9 Å². The minimum absolute atomic E-state index is 0.333. The molecule has 2 nitrogen and oxygen atoms in total. The summed E-state index contributed by atoms with van der Waals surface area (Å²) in [5.41, 5.74) is 1.24. The molecule has 0 N–H and O–H groups in total. The van der Waals surface area contributed by atoms with Crippen molar-refractivity contribution in [2.24, 2.45) is 0 Å². The molecule has 0 radical (unpaired) electrons. The van der Waals surface area contributed by atoms with E-state index in [1.54, 1.807) is 0 Å². The van der Waals surface area contributed by atoms with Gasteiger partial charge in [0.05, 0.1) is 0 Å². The Balaban J connectivity index is 2.37. The molecular formula is C9H8Br2O2. The second-order valence-electron chi connectivity index (χ2n) is 2.74. The van der Waals surface area contributed by atoms with E-state index in [4.69, 9.17) is 9.47 Å². The highest BCUT2D eigenvalue weighted by atomic mass is 79.9. The number of alkyl halides is 1. The molecule has 0 unspecified atom stereocenters. The molecule has 0 bridgehead atoms. The molecule has 0 aliphatic carbocycles. The van der Waals surface area contributed by atoms with Gasteiger partial charge in [-0.25, -0.2) is 0 Å². The zero-order valence-electron chi connectivity index (χ0n) is 6.85. The minimum atomic E-state index is 0.333. The van der Waals surface area contributed by atoms with Crippen molar-refractivity contribution in [3.8, 4) is 11.5 Å². The number of fused-ring (bicyclic) bond motifs is 1. The van der Waals surface area contributed by atoms with Gasteiger partial charge in [0.15, 0.2) is 11.5 Å². The van der Waals surface area contributed by atoms with E-state index in [9.17, 15) is 0 Å². The van der Waals surface area contributed by atoms with Crippen molar-refractivity contribution in [2.75, 3.05) is 12.1 Å². The van der Waals surface area contributed by atoms with Crippen LogP contribution in [0.4, 0.5) is 0 Å². The number of hydrogen-bond acceptors (Lipinski definition) is 2. The summed E-state index contributed by atoms with van der Waals surface area (Å²) in [7, 11) is 0. The van der Waals surface area contributed by atoms with Crippen LogP contribution in [-0.4, -0.2) is 12.1 Å². The van der Waals surface area contributed by atoms with Crippen LogP contribution in [0.15, 0.2) is 16.6 Å². The lowest BCUT2D eigenvalue weighted by molar-refractivity contribution is 0.174. The number of halogens is 2. The average molecular weight is 308 g/mol. The first-order valence-electron chi connectivity index (χ1n) is 3.95. The zero-order valence-corrected chi connectivity index (χ0v) is 10.0. The Kier molecular flexibility index (Phi) is 2.79. The van der Waals surface area contributed by atoms with Crippen LogP contribution in [0.3, 0.4) is 0 Å². The predicted octanol–water partition coefficient (Wildman–Crippen LogP) is 3.12. The highest BCUT2D eigenvalue weighted by molar-refractivity contribution is 9.10. The van der Waals surface area contributed by atoms with Gasteiger partial charge >= 0.3 is 0 Å². The molecular weight excluding hydrogens is 300 g/mol. The average Bonchev–Trinajstić information content (AvgIpc) is 2.52. The van der Waals surface area contributed by atoms with Gasteiger partial charge in [-0.05, 0) is 24.1 Å². The van der Waals surface area contributed by atoms with Gasteiger partial charge in [-0.15, -0.1) is 0 Å². The van der Waals surface area contributed by atoms with Gasteiger partial charge in [-0.2, -0.15) is 0 Å². The summed E-state index contributed by atoms with van der Waals surface area (Å²) in [6, 6.07) is 3.98. The largest absolute Gasteiger partial charge is 0.454 e. The van der Waals surface area contributed by atoms with Crippen LogP contribution < -0.4 is 9.47 Å². The normalized spacial score (nSPS) is 13.4. The molecule has 0 saturated heterocycles. The fraction of sp³-hybridized carbons (Fsp3) is 0.333. The third kappa shape index (κ3) is 1.83. The molecule has 1 aromatic rings. The first-order chi connectivity index (χ1) is 6.31. The van der Waals surface area contributed by atoms with Crippen LogP contribution >= 0.6 is 31.9 Å². The summed E-state index contributed by atoms with van der Waals surface area (Å²) in [4.78, 5) is 0. The lowest BCUT2D eigenvalue weighted by Crippen LogP contribution is -1.93. The first kappa shape index (κ1) is 9.34. The van der Waals surface area contributed by atoms with E-state index in [1.165, 1.54) is 5.56 Å². The van der Waals surface area contributed by atoms with E-state index >= 15 is 0 Å². The van der Waals surface area contributed by atoms with Crippen LogP contribution in [0.1, 0.15) is 5.56 Å². The minimum Gasteiger partial charge on any atom is -0.454 e. The fourth-order valence-corrected chi connectivity index (χ4v) is 2.20. The van der Waals surface area contributed by atoms with Crippen LogP contribution in [0.25, 0.3) is 0 Å². The quantitative estimate of drug-likeness (QED) is 0.782. The van der Waals surface area contributed by atoms with Crippen molar-refractivity contribution in [3.63, 3.8) is 0 Å². The van der Waals surface area contributed by atoms with Crippen molar-refractivity contribution in [1.82, 2.24) is 0 Å². The molecule has 2 rings (SSSR count). The van der Waals surface area contributed by atoms with E-state index < -0.39 is 0 Å². The van der Waals surface area contributed by atoms with Crippen molar-refractivity contribution >= 4 is 31.9 Å². The topological polar surface area (TPSA) is 18.5 Å². The molecule has 0 atom stereocenters. The molecule has 1 aliphatic rings. The molecule has 0 spiro atoms. The van der Waals surface area contributed by atoms with Gasteiger partial charge in [0.2, 0.25) is 6.79 Å². The number of rotatable bonds is 2. The zero-order chi connectivity index (χ0) is 9.26. The highest BCUT2D eigenvalue weighted by Crippen LogP contribution is 2.37. The fourth-order valence-electron chi connectivity index (χ4n) is 1.25. The van der Waals surface area contributed by atoms with Gasteiger partial charge < -0.3 is 9.47 Å². The second-order valence-corrected chi connectivity index (χ2v) is 4.38. The van der Waals surface area contributed by atoms with Gasteiger partial charge in [0.1, 0.15) is 0 Å². The van der Waals surface area contributed by atoms with Gasteiger partial charge in [0, 0.05) is 9.80 Å². The smallest absolute Gasteiger partial charge is 0.231 e. The number of benzene rings is 1. The molecule has 1 aromatic carbocycles. The molecule has 0 fully saturated rings. The van der Waals surface area contributed by atoms with E-state index in [1.807, 2.05) is 12.1 Å². The van der Waals surface area contributed by atoms with Crippen LogP contribution in [-0.2, 0) is 6.42 Å². The Morgan fingerprint density at radius 1 is 1.23 bits per heavy atom. The summed E-state index contributed by atoms with van der Waals surface area (Å²) in [6.45, 7) is 0.333. The Labute approximate surface area is 93.5 Å². The molecule has 4 heteroatoms. The molecule has 0 aromatic heterocycles. The molecule has 0 saturated carbocycles. The Morgan fingerprint density at radius 3 is 2.62 bits per heavy atom. The van der Waals surface area contributed by atoms with Crippen LogP contribution in [0.2, 0.25) is 0 Å². The van der Waals surface area contributed by atoms with Crippen molar-refractivity contribution < 1.29 is 9.47 Å². The van der Waals surface area contributed by atoms with Gasteiger partial charge in [0.25, 0.3) is 0 Å². The van der Waals surface area contributed by atoms with E-state index in [-0.39, 0.29) is 0 Å². The lowest BCUT2D eigenvalue weighted by Gasteiger charge is -2.03. The van der Waals surface area contributed by atoms with Crippen molar-refractivity contribution in [2.45, 2.75) is 6.42 Å². The van der Waals surface area contributed by atoms with Gasteiger partial charge in [-0.3, -0.25) is 0 Å². The summed E-state index contributed by atoms with van der Waals surface area (Å²) in [5.74, 6) is 1.67. The Hall–Kier alpha value is -0.220. The maximum Gasteiger partial charge on any atom is 0.231 e. The molecule has 13 heavy (non-hydrogen) atoms. The summed E-state index contributed by atoms with van der Waals surface area (Å²) >= 11 is 6.90. The maximum absolute atomic E-state index is 5.28.